The summed E-state index contributed by atoms with van der Waals surface area (Å²) in [7, 11) is -1.13. The standard InChI is InChI=1S/C15H18N2O3S2/c1-10-4-3-5-11(6-10)7-14(18)16-15-17(2)12-8-22(19,20)9-13(12)21-15/h3-6,12-13H,7-9H2,1-2H3. The number of hydrogen-bond donors (Lipinski definition) is 0. The molecule has 1 amide bonds. The van der Waals surface area contributed by atoms with Gasteiger partial charge in [-0.2, -0.15) is 4.99 Å². The molecule has 2 atom stereocenters. The Kier molecular flexibility index (Phi) is 4.03. The van der Waals surface area contributed by atoms with E-state index in [1.165, 1.54) is 11.8 Å². The van der Waals surface area contributed by atoms with Crippen molar-refractivity contribution in [1.29, 1.82) is 0 Å². The van der Waals surface area contributed by atoms with Crippen LogP contribution in [0.25, 0.3) is 0 Å². The second-order valence-corrected chi connectivity index (χ2v) is 9.23. The molecule has 2 heterocycles. The van der Waals surface area contributed by atoms with Crippen molar-refractivity contribution >= 4 is 32.7 Å². The Morgan fingerprint density at radius 2 is 2.18 bits per heavy atom. The largest absolute Gasteiger partial charge is 0.349 e. The molecule has 5 nitrogen and oxygen atoms in total. The van der Waals surface area contributed by atoms with Crippen LogP contribution in [0.1, 0.15) is 11.1 Å². The molecular formula is C15H18N2O3S2. The summed E-state index contributed by atoms with van der Waals surface area (Å²) in [5, 5.41) is 0.642. The minimum absolute atomic E-state index is 0.000481. The number of benzene rings is 1. The zero-order valence-electron chi connectivity index (χ0n) is 12.5. The molecule has 1 aromatic rings. The Hall–Kier alpha value is -1.34. The van der Waals surface area contributed by atoms with E-state index in [2.05, 4.69) is 4.99 Å². The van der Waals surface area contributed by atoms with E-state index in [4.69, 9.17) is 0 Å². The number of nitrogens with zero attached hydrogens (tertiary/aromatic N) is 2. The van der Waals surface area contributed by atoms with Gasteiger partial charge in [-0.05, 0) is 12.5 Å². The van der Waals surface area contributed by atoms with Gasteiger partial charge in [-0.25, -0.2) is 8.42 Å². The van der Waals surface area contributed by atoms with Gasteiger partial charge in [0, 0.05) is 12.3 Å². The lowest BCUT2D eigenvalue weighted by Gasteiger charge is -2.17. The second kappa shape index (κ2) is 5.70. The van der Waals surface area contributed by atoms with E-state index in [1.807, 2.05) is 43.1 Å². The molecule has 2 saturated heterocycles. The molecule has 0 N–H and O–H groups in total. The fourth-order valence-electron chi connectivity index (χ4n) is 2.88. The summed E-state index contributed by atoms with van der Waals surface area (Å²) in [6.45, 7) is 1.99. The zero-order valence-corrected chi connectivity index (χ0v) is 14.2. The number of carbonyl (C=O) groups excluding carboxylic acids is 1. The lowest BCUT2D eigenvalue weighted by atomic mass is 10.1. The lowest BCUT2D eigenvalue weighted by molar-refractivity contribution is -0.117. The van der Waals surface area contributed by atoms with Crippen LogP contribution < -0.4 is 0 Å². The van der Waals surface area contributed by atoms with Gasteiger partial charge >= 0.3 is 0 Å². The van der Waals surface area contributed by atoms with Gasteiger partial charge in [0.15, 0.2) is 15.0 Å². The number of thioether (sulfide) groups is 1. The summed E-state index contributed by atoms with van der Waals surface area (Å²) in [6, 6.07) is 7.75. The predicted molar refractivity (Wildman–Crippen MR) is 88.9 cm³/mol. The summed E-state index contributed by atoms with van der Waals surface area (Å²) in [5.74, 6) is 0.145. The van der Waals surface area contributed by atoms with Gasteiger partial charge in [-0.3, -0.25) is 4.79 Å². The molecule has 2 fully saturated rings. The molecule has 0 radical (unpaired) electrons. The summed E-state index contributed by atoms with van der Waals surface area (Å²) < 4.78 is 23.3. The SMILES string of the molecule is Cc1cccc(CC(=O)N=C2SC3CS(=O)(=O)CC3N2C)c1. The summed E-state index contributed by atoms with van der Waals surface area (Å²) >= 11 is 1.41. The van der Waals surface area contributed by atoms with Crippen molar-refractivity contribution in [3.63, 3.8) is 0 Å². The molecular weight excluding hydrogens is 320 g/mol. The van der Waals surface area contributed by atoms with Gasteiger partial charge < -0.3 is 4.90 Å². The van der Waals surface area contributed by atoms with E-state index in [-0.39, 0.29) is 35.1 Å². The quantitative estimate of drug-likeness (QED) is 0.812. The monoisotopic (exact) mass is 338 g/mol. The lowest BCUT2D eigenvalue weighted by Crippen LogP contribution is -2.34. The number of sulfone groups is 1. The smallest absolute Gasteiger partial charge is 0.252 e. The predicted octanol–water partition coefficient (Wildman–Crippen LogP) is 1.26. The Labute approximate surface area is 134 Å². The average Bonchev–Trinajstić information content (AvgIpc) is 2.84. The van der Waals surface area contributed by atoms with Crippen molar-refractivity contribution in [3.05, 3.63) is 35.4 Å². The maximum atomic E-state index is 12.1. The number of aliphatic imine (C=N–C) groups is 1. The number of amides is 1. The summed E-state index contributed by atoms with van der Waals surface area (Å²) in [4.78, 5) is 18.2. The molecule has 2 unspecified atom stereocenters. The number of rotatable bonds is 2. The molecule has 0 aromatic heterocycles. The Morgan fingerprint density at radius 1 is 1.41 bits per heavy atom. The van der Waals surface area contributed by atoms with Crippen LogP contribution >= 0.6 is 11.8 Å². The highest BCUT2D eigenvalue weighted by molar-refractivity contribution is 8.15. The Bertz CT molecular complexity index is 743. The molecule has 0 aliphatic carbocycles. The second-order valence-electron chi connectivity index (χ2n) is 5.87. The first-order valence-corrected chi connectivity index (χ1v) is 9.81. The van der Waals surface area contributed by atoms with E-state index in [0.29, 0.717) is 5.17 Å². The van der Waals surface area contributed by atoms with E-state index in [0.717, 1.165) is 11.1 Å². The molecule has 118 valence electrons. The van der Waals surface area contributed by atoms with Gasteiger partial charge in [-0.15, -0.1) is 0 Å². The van der Waals surface area contributed by atoms with E-state index in [9.17, 15) is 13.2 Å². The van der Waals surface area contributed by atoms with Crippen LogP contribution in [0.3, 0.4) is 0 Å². The number of aryl methyl sites for hydroxylation is 1. The first-order valence-electron chi connectivity index (χ1n) is 7.11. The molecule has 22 heavy (non-hydrogen) atoms. The number of fused-ring (bicyclic) bond motifs is 1. The maximum absolute atomic E-state index is 12.1. The first-order chi connectivity index (χ1) is 10.3. The highest BCUT2D eigenvalue weighted by atomic mass is 32.2. The van der Waals surface area contributed by atoms with Crippen LogP contribution in [0.15, 0.2) is 29.3 Å². The van der Waals surface area contributed by atoms with Gasteiger partial charge in [0.2, 0.25) is 0 Å². The van der Waals surface area contributed by atoms with Crippen LogP contribution in [0.5, 0.6) is 0 Å². The molecule has 0 bridgehead atoms. The highest BCUT2D eigenvalue weighted by Gasteiger charge is 2.47. The van der Waals surface area contributed by atoms with Crippen molar-refractivity contribution in [3.8, 4) is 0 Å². The Balaban J connectivity index is 1.70. The van der Waals surface area contributed by atoms with Crippen molar-refractivity contribution in [2.75, 3.05) is 18.6 Å². The van der Waals surface area contributed by atoms with Gasteiger partial charge in [0.1, 0.15) is 0 Å². The number of carbonyl (C=O) groups is 1. The van der Waals surface area contributed by atoms with Crippen LogP contribution in [0, 0.1) is 6.92 Å². The molecule has 1 aromatic carbocycles. The average molecular weight is 338 g/mol. The minimum Gasteiger partial charge on any atom is -0.349 e. The minimum atomic E-state index is -2.95. The zero-order chi connectivity index (χ0) is 15.9. The number of hydrogen-bond acceptors (Lipinski definition) is 4. The van der Waals surface area contributed by atoms with E-state index >= 15 is 0 Å². The Morgan fingerprint density at radius 3 is 2.86 bits per heavy atom. The highest BCUT2D eigenvalue weighted by Crippen LogP contribution is 2.36. The third-order valence-corrected chi connectivity index (χ3v) is 7.29. The van der Waals surface area contributed by atoms with E-state index in [1.54, 1.807) is 0 Å². The van der Waals surface area contributed by atoms with Crippen LogP contribution in [0.2, 0.25) is 0 Å². The topological polar surface area (TPSA) is 66.8 Å². The maximum Gasteiger partial charge on any atom is 0.252 e. The van der Waals surface area contributed by atoms with E-state index < -0.39 is 9.84 Å². The molecule has 2 aliphatic heterocycles. The molecule has 3 rings (SSSR count). The molecule has 0 saturated carbocycles. The number of amidine groups is 1. The van der Waals surface area contributed by atoms with Crippen LogP contribution in [-0.2, 0) is 21.1 Å². The van der Waals surface area contributed by atoms with Gasteiger partial charge in [0.05, 0.1) is 24.0 Å². The van der Waals surface area contributed by atoms with Crippen molar-refractivity contribution < 1.29 is 13.2 Å². The molecule has 7 heteroatoms. The third-order valence-electron chi connectivity index (χ3n) is 3.99. The fraction of sp³-hybridized carbons (Fsp3) is 0.467. The van der Waals surface area contributed by atoms with Crippen molar-refractivity contribution in [2.45, 2.75) is 24.6 Å². The van der Waals surface area contributed by atoms with Gasteiger partial charge in [0.25, 0.3) is 5.91 Å². The third kappa shape index (κ3) is 3.20. The summed E-state index contributed by atoms with van der Waals surface area (Å²) in [5.41, 5.74) is 2.06. The van der Waals surface area contributed by atoms with Crippen LogP contribution in [0.4, 0.5) is 0 Å². The molecule has 0 spiro atoms. The van der Waals surface area contributed by atoms with Crippen LogP contribution in [-0.4, -0.2) is 54.2 Å². The van der Waals surface area contributed by atoms with Crippen molar-refractivity contribution in [1.82, 2.24) is 4.90 Å². The first kappa shape index (κ1) is 15.6. The summed E-state index contributed by atoms with van der Waals surface area (Å²) in [6.07, 6.45) is 0.271. The van der Waals surface area contributed by atoms with Gasteiger partial charge in [-0.1, -0.05) is 41.6 Å². The normalized spacial score (nSPS) is 28.1. The molecule has 2 aliphatic rings. The fourth-order valence-corrected chi connectivity index (χ4v) is 6.89. The van der Waals surface area contributed by atoms with Crippen molar-refractivity contribution in [2.24, 2.45) is 4.99 Å².